The van der Waals surface area contributed by atoms with Crippen LogP contribution in [0.1, 0.15) is 37.2 Å². The van der Waals surface area contributed by atoms with Gasteiger partial charge in [0.05, 0.1) is 7.14 Å². The highest BCUT2D eigenvalue weighted by atomic mass is 127. The van der Waals surface area contributed by atoms with E-state index in [1.165, 1.54) is 24.0 Å². The van der Waals surface area contributed by atoms with Crippen molar-refractivity contribution in [1.29, 1.82) is 5.53 Å². The Morgan fingerprint density at radius 2 is 1.54 bits per heavy atom. The van der Waals surface area contributed by atoms with Gasteiger partial charge in [-0.25, -0.2) is 0 Å². The minimum absolute atomic E-state index is 0.390. The first-order chi connectivity index (χ1) is 11.6. The third-order valence-corrected chi connectivity index (χ3v) is 6.23. The van der Waals surface area contributed by atoms with E-state index < -0.39 is 0 Å². The molecule has 0 aromatic heterocycles. The van der Waals surface area contributed by atoms with E-state index in [2.05, 4.69) is 86.9 Å². The molecule has 0 amide bonds. The Bertz CT molecular complexity index is 703. The SMILES string of the molecule is N=NOc1c(I)cc(-c2ccc(C3CCC(N)CC3)cc2)cc1I. The zero-order valence-corrected chi connectivity index (χ0v) is 17.5. The van der Waals surface area contributed by atoms with E-state index in [1.54, 1.807) is 0 Å². The molecule has 1 aliphatic rings. The second-order valence-corrected chi connectivity index (χ2v) is 8.51. The second-order valence-electron chi connectivity index (χ2n) is 6.19. The third-order valence-electron chi connectivity index (χ3n) is 4.62. The fourth-order valence-corrected chi connectivity index (χ4v) is 5.22. The minimum atomic E-state index is 0.390. The second kappa shape index (κ2) is 8.09. The maximum absolute atomic E-state index is 6.87. The molecular formula is C18H19I2N3O. The first-order valence-corrected chi connectivity index (χ1v) is 10.1. The van der Waals surface area contributed by atoms with Gasteiger partial charge in [0, 0.05) is 11.3 Å². The van der Waals surface area contributed by atoms with E-state index in [-0.39, 0.29) is 0 Å². The summed E-state index contributed by atoms with van der Waals surface area (Å²) in [7, 11) is 0. The van der Waals surface area contributed by atoms with E-state index in [0.717, 1.165) is 25.5 Å². The highest BCUT2D eigenvalue weighted by Crippen LogP contribution is 2.35. The predicted octanol–water partition coefficient (Wildman–Crippen LogP) is 5.87. The van der Waals surface area contributed by atoms with Crippen molar-refractivity contribution in [2.45, 2.75) is 37.6 Å². The zero-order valence-electron chi connectivity index (χ0n) is 13.1. The molecule has 24 heavy (non-hydrogen) atoms. The highest BCUT2D eigenvalue weighted by Gasteiger charge is 2.20. The molecule has 0 heterocycles. The van der Waals surface area contributed by atoms with Crippen molar-refractivity contribution in [2.24, 2.45) is 11.0 Å². The Morgan fingerprint density at radius 3 is 2.08 bits per heavy atom. The van der Waals surface area contributed by atoms with Crippen molar-refractivity contribution in [1.82, 2.24) is 0 Å². The molecule has 0 radical (unpaired) electrons. The fraction of sp³-hybridized carbons (Fsp3) is 0.333. The van der Waals surface area contributed by atoms with Gasteiger partial charge in [0.25, 0.3) is 0 Å². The summed E-state index contributed by atoms with van der Waals surface area (Å²) in [5.74, 6) is 1.29. The van der Waals surface area contributed by atoms with Crippen LogP contribution in [0.5, 0.6) is 5.75 Å². The Hall–Kier alpha value is -0.740. The number of hydrogen-bond acceptors (Lipinski definition) is 4. The quantitative estimate of drug-likeness (QED) is 0.286. The lowest BCUT2D eigenvalue weighted by Crippen LogP contribution is -2.25. The molecule has 126 valence electrons. The van der Waals surface area contributed by atoms with Gasteiger partial charge < -0.3 is 10.6 Å². The number of rotatable bonds is 4. The van der Waals surface area contributed by atoms with Gasteiger partial charge in [-0.15, -0.1) is 0 Å². The lowest BCUT2D eigenvalue weighted by atomic mass is 9.82. The van der Waals surface area contributed by atoms with E-state index >= 15 is 0 Å². The van der Waals surface area contributed by atoms with Gasteiger partial charge in [0.1, 0.15) is 0 Å². The smallest absolute Gasteiger partial charge is 0.186 e. The van der Waals surface area contributed by atoms with Crippen LogP contribution in [0.3, 0.4) is 0 Å². The molecule has 0 unspecified atom stereocenters. The van der Waals surface area contributed by atoms with Gasteiger partial charge in [-0.2, -0.15) is 5.53 Å². The molecule has 1 fully saturated rings. The summed E-state index contributed by atoms with van der Waals surface area (Å²) in [6.07, 6.45) is 4.65. The normalized spacial score (nSPS) is 20.6. The molecule has 2 aromatic carbocycles. The highest BCUT2D eigenvalue weighted by molar-refractivity contribution is 14.1. The van der Waals surface area contributed by atoms with Crippen LogP contribution in [0.25, 0.3) is 11.1 Å². The van der Waals surface area contributed by atoms with Crippen molar-refractivity contribution < 1.29 is 4.84 Å². The summed E-state index contributed by atoms with van der Waals surface area (Å²) >= 11 is 4.44. The van der Waals surface area contributed by atoms with Crippen molar-refractivity contribution in [3.05, 3.63) is 49.1 Å². The molecule has 3 rings (SSSR count). The molecule has 1 saturated carbocycles. The maximum Gasteiger partial charge on any atom is 0.186 e. The standard InChI is InChI=1S/C18H19I2N3O/c19-16-9-14(10-17(20)18(16)24-23-22)13-3-1-11(2-4-13)12-5-7-15(21)8-6-12/h1-4,9-10,12,15,22H,5-8,21H2. The maximum atomic E-state index is 6.87. The van der Waals surface area contributed by atoms with Gasteiger partial charge in [-0.05, 0) is 106 Å². The third kappa shape index (κ3) is 4.08. The molecule has 0 atom stereocenters. The number of hydrogen-bond donors (Lipinski definition) is 2. The first kappa shape index (κ1) is 18.1. The van der Waals surface area contributed by atoms with Crippen LogP contribution >= 0.6 is 45.2 Å². The van der Waals surface area contributed by atoms with Crippen LogP contribution in [-0.2, 0) is 0 Å². The molecule has 1 aliphatic carbocycles. The van der Waals surface area contributed by atoms with Crippen molar-refractivity contribution in [3.8, 4) is 16.9 Å². The lowest BCUT2D eigenvalue weighted by Gasteiger charge is -2.26. The molecule has 2 aromatic rings. The van der Waals surface area contributed by atoms with Gasteiger partial charge >= 0.3 is 0 Å². The molecule has 0 saturated heterocycles. The van der Waals surface area contributed by atoms with E-state index in [1.807, 2.05) is 0 Å². The van der Waals surface area contributed by atoms with E-state index in [9.17, 15) is 0 Å². The topological polar surface area (TPSA) is 71.5 Å². The summed E-state index contributed by atoms with van der Waals surface area (Å²) in [6.45, 7) is 0. The number of nitrogens with two attached hydrogens (primary N) is 1. The number of nitrogens with one attached hydrogen (secondary N) is 1. The minimum Gasteiger partial charge on any atom is -0.338 e. The molecule has 0 aliphatic heterocycles. The summed E-state index contributed by atoms with van der Waals surface area (Å²) in [4.78, 5) is 5.03. The van der Waals surface area contributed by atoms with Crippen LogP contribution in [0, 0.1) is 12.7 Å². The molecular weight excluding hydrogens is 528 g/mol. The van der Waals surface area contributed by atoms with Crippen LogP contribution in [0.2, 0.25) is 0 Å². The van der Waals surface area contributed by atoms with Gasteiger partial charge in [-0.3, -0.25) is 0 Å². The average molecular weight is 547 g/mol. The molecule has 0 bridgehead atoms. The summed E-state index contributed by atoms with van der Waals surface area (Å²) in [6, 6.07) is 13.4. The Kier molecular flexibility index (Phi) is 6.09. The first-order valence-electron chi connectivity index (χ1n) is 7.97. The van der Waals surface area contributed by atoms with Crippen LogP contribution in [0.15, 0.2) is 41.7 Å². The largest absolute Gasteiger partial charge is 0.338 e. The van der Waals surface area contributed by atoms with Crippen molar-refractivity contribution >= 4 is 45.2 Å². The number of nitrogens with zero attached hydrogens (tertiary/aromatic N) is 1. The van der Waals surface area contributed by atoms with Crippen LogP contribution < -0.4 is 10.6 Å². The molecule has 0 spiro atoms. The lowest BCUT2D eigenvalue weighted by molar-refractivity contribution is 0.294. The van der Waals surface area contributed by atoms with Crippen LogP contribution in [-0.4, -0.2) is 6.04 Å². The average Bonchev–Trinajstić information content (AvgIpc) is 2.59. The van der Waals surface area contributed by atoms with Crippen molar-refractivity contribution in [2.75, 3.05) is 0 Å². The van der Waals surface area contributed by atoms with Crippen LogP contribution in [0.4, 0.5) is 0 Å². The van der Waals surface area contributed by atoms with Gasteiger partial charge in [-0.1, -0.05) is 24.3 Å². The molecule has 6 heteroatoms. The summed E-state index contributed by atoms with van der Waals surface area (Å²) in [5, 5.41) is 3.03. The van der Waals surface area contributed by atoms with Crippen molar-refractivity contribution in [3.63, 3.8) is 0 Å². The summed E-state index contributed by atoms with van der Waals surface area (Å²) < 4.78 is 1.91. The number of benzene rings is 2. The zero-order chi connectivity index (χ0) is 17.1. The van der Waals surface area contributed by atoms with E-state index in [4.69, 9.17) is 16.1 Å². The molecule has 4 nitrogen and oxygen atoms in total. The molecule has 3 N–H and O–H groups in total. The van der Waals surface area contributed by atoms with Gasteiger partial charge in [0.2, 0.25) is 0 Å². The number of halogens is 2. The predicted molar refractivity (Wildman–Crippen MR) is 112 cm³/mol. The van der Waals surface area contributed by atoms with Gasteiger partial charge in [0.15, 0.2) is 5.75 Å². The summed E-state index contributed by atoms with van der Waals surface area (Å²) in [5.41, 5.74) is 16.6. The monoisotopic (exact) mass is 547 g/mol. The Balaban J connectivity index is 1.82. The Labute approximate surface area is 169 Å². The Morgan fingerprint density at radius 1 is 0.958 bits per heavy atom. The van der Waals surface area contributed by atoms with E-state index in [0.29, 0.717) is 17.7 Å². The fourth-order valence-electron chi connectivity index (χ4n) is 3.26.